The van der Waals surface area contributed by atoms with Gasteiger partial charge in [-0.25, -0.2) is 5.01 Å². The van der Waals surface area contributed by atoms with E-state index in [1.807, 2.05) is 6.92 Å². The molecule has 3 nitrogen and oxygen atoms in total. The molecule has 0 saturated carbocycles. The Morgan fingerprint density at radius 3 is 2.29 bits per heavy atom. The fourth-order valence-electron chi connectivity index (χ4n) is 1.47. The van der Waals surface area contributed by atoms with E-state index < -0.39 is 24.2 Å². The summed E-state index contributed by atoms with van der Waals surface area (Å²) in [6, 6.07) is 6.56. The second-order valence-corrected chi connectivity index (χ2v) is 3.76. The third-order valence-corrected chi connectivity index (χ3v) is 2.38. The van der Waals surface area contributed by atoms with Gasteiger partial charge >= 0.3 is 6.18 Å². The number of rotatable bonds is 1. The van der Waals surface area contributed by atoms with Crippen molar-refractivity contribution in [2.75, 3.05) is 5.01 Å². The van der Waals surface area contributed by atoms with Crippen LogP contribution in [0.3, 0.4) is 0 Å². The zero-order valence-electron chi connectivity index (χ0n) is 8.95. The SMILES string of the molecule is Cc1ccc(N2N=C(C(F)(F)F)CC2=O)cc1. The van der Waals surface area contributed by atoms with E-state index in [9.17, 15) is 18.0 Å². The summed E-state index contributed by atoms with van der Waals surface area (Å²) < 4.78 is 37.1. The lowest BCUT2D eigenvalue weighted by Crippen LogP contribution is -2.22. The molecule has 6 heteroatoms. The third-order valence-electron chi connectivity index (χ3n) is 2.38. The fraction of sp³-hybridized carbons (Fsp3) is 0.273. The number of hydrazone groups is 1. The summed E-state index contributed by atoms with van der Waals surface area (Å²) in [6.45, 7) is 1.85. The topological polar surface area (TPSA) is 32.7 Å². The highest BCUT2D eigenvalue weighted by Crippen LogP contribution is 2.28. The van der Waals surface area contributed by atoms with Gasteiger partial charge in [0.25, 0.3) is 5.91 Å². The maximum absolute atomic E-state index is 12.4. The van der Waals surface area contributed by atoms with Gasteiger partial charge in [0.2, 0.25) is 0 Å². The standard InChI is InChI=1S/C11H9F3N2O/c1-7-2-4-8(5-3-7)16-10(17)6-9(15-16)11(12,13)14/h2-5H,6H2,1H3. The molecule has 0 saturated heterocycles. The molecule has 1 amide bonds. The second-order valence-electron chi connectivity index (χ2n) is 3.76. The number of benzene rings is 1. The van der Waals surface area contributed by atoms with Crippen LogP contribution >= 0.6 is 0 Å². The molecule has 90 valence electrons. The predicted molar refractivity (Wildman–Crippen MR) is 56.8 cm³/mol. The van der Waals surface area contributed by atoms with E-state index in [4.69, 9.17) is 0 Å². The van der Waals surface area contributed by atoms with Gasteiger partial charge in [-0.3, -0.25) is 4.79 Å². The van der Waals surface area contributed by atoms with E-state index in [0.717, 1.165) is 10.6 Å². The van der Waals surface area contributed by atoms with Crippen molar-refractivity contribution in [2.24, 2.45) is 5.10 Å². The van der Waals surface area contributed by atoms with Gasteiger partial charge in [-0.15, -0.1) is 0 Å². The molecule has 0 aromatic heterocycles. The number of amides is 1. The van der Waals surface area contributed by atoms with Crippen LogP contribution in [0.5, 0.6) is 0 Å². The first kappa shape index (κ1) is 11.6. The maximum atomic E-state index is 12.4. The van der Waals surface area contributed by atoms with Crippen LogP contribution in [0.2, 0.25) is 0 Å². The highest BCUT2D eigenvalue weighted by molar-refractivity contribution is 6.14. The van der Waals surface area contributed by atoms with Crippen molar-refractivity contribution in [1.82, 2.24) is 0 Å². The van der Waals surface area contributed by atoms with E-state index in [0.29, 0.717) is 5.69 Å². The van der Waals surface area contributed by atoms with E-state index in [1.165, 1.54) is 0 Å². The zero-order valence-corrected chi connectivity index (χ0v) is 8.95. The predicted octanol–water partition coefficient (Wildman–Crippen LogP) is 2.65. The van der Waals surface area contributed by atoms with Crippen molar-refractivity contribution in [3.63, 3.8) is 0 Å². The molecule has 2 rings (SSSR count). The average molecular weight is 242 g/mol. The summed E-state index contributed by atoms with van der Waals surface area (Å²) in [4.78, 5) is 11.4. The molecule has 1 aliphatic rings. The number of anilines is 1. The summed E-state index contributed by atoms with van der Waals surface area (Å²) in [5.74, 6) is -0.666. The number of carbonyl (C=O) groups excluding carboxylic acids is 1. The van der Waals surface area contributed by atoms with E-state index in [-0.39, 0.29) is 0 Å². The van der Waals surface area contributed by atoms with E-state index in [2.05, 4.69) is 5.10 Å². The summed E-state index contributed by atoms with van der Waals surface area (Å²) in [5, 5.41) is 4.11. The van der Waals surface area contributed by atoms with Crippen molar-refractivity contribution >= 4 is 17.3 Å². The van der Waals surface area contributed by atoms with Crippen LogP contribution in [0, 0.1) is 6.92 Å². The van der Waals surface area contributed by atoms with Crippen molar-refractivity contribution < 1.29 is 18.0 Å². The van der Waals surface area contributed by atoms with Crippen LogP contribution < -0.4 is 5.01 Å². The molecule has 1 aromatic carbocycles. The van der Waals surface area contributed by atoms with Gasteiger partial charge in [0.1, 0.15) is 0 Å². The Bertz CT molecular complexity index is 476. The Morgan fingerprint density at radius 2 is 1.82 bits per heavy atom. The first-order chi connectivity index (χ1) is 7.88. The number of aryl methyl sites for hydroxylation is 1. The maximum Gasteiger partial charge on any atom is 0.431 e. The van der Waals surface area contributed by atoms with Crippen LogP contribution in [0.15, 0.2) is 29.4 Å². The summed E-state index contributed by atoms with van der Waals surface area (Å²) in [5.41, 5.74) is 0.253. The summed E-state index contributed by atoms with van der Waals surface area (Å²) in [6.07, 6.45) is -5.24. The molecule has 0 fully saturated rings. The van der Waals surface area contributed by atoms with Gasteiger partial charge in [0.15, 0.2) is 5.71 Å². The minimum absolute atomic E-state index is 0.347. The third kappa shape index (κ3) is 2.30. The largest absolute Gasteiger partial charge is 0.431 e. The highest BCUT2D eigenvalue weighted by Gasteiger charge is 2.42. The van der Waals surface area contributed by atoms with Crippen molar-refractivity contribution in [3.8, 4) is 0 Å². The van der Waals surface area contributed by atoms with Gasteiger partial charge in [-0.05, 0) is 19.1 Å². The fourth-order valence-corrected chi connectivity index (χ4v) is 1.47. The number of carbonyl (C=O) groups is 1. The van der Waals surface area contributed by atoms with Crippen molar-refractivity contribution in [3.05, 3.63) is 29.8 Å². The molecule has 17 heavy (non-hydrogen) atoms. The Hall–Kier alpha value is -1.85. The van der Waals surface area contributed by atoms with Crippen LogP contribution in [0.1, 0.15) is 12.0 Å². The van der Waals surface area contributed by atoms with Gasteiger partial charge in [-0.2, -0.15) is 18.3 Å². The Balaban J connectivity index is 2.31. The van der Waals surface area contributed by atoms with Crippen LogP contribution in [-0.4, -0.2) is 17.8 Å². The lowest BCUT2D eigenvalue weighted by Gasteiger charge is -2.11. The van der Waals surface area contributed by atoms with E-state index in [1.54, 1.807) is 24.3 Å². The Kier molecular flexibility index (Phi) is 2.65. The molecule has 0 atom stereocenters. The first-order valence-electron chi connectivity index (χ1n) is 4.92. The van der Waals surface area contributed by atoms with Gasteiger partial charge in [-0.1, -0.05) is 17.7 Å². The van der Waals surface area contributed by atoms with Crippen LogP contribution in [-0.2, 0) is 4.79 Å². The van der Waals surface area contributed by atoms with Crippen LogP contribution in [0.25, 0.3) is 0 Å². The Labute approximate surface area is 95.5 Å². The lowest BCUT2D eigenvalue weighted by molar-refractivity contribution is -0.117. The highest BCUT2D eigenvalue weighted by atomic mass is 19.4. The normalized spacial score (nSPS) is 16.4. The van der Waals surface area contributed by atoms with Gasteiger partial charge in [0.05, 0.1) is 12.1 Å². The average Bonchev–Trinajstić information content (AvgIpc) is 2.61. The number of halogens is 3. The quantitative estimate of drug-likeness (QED) is 0.745. The molecular formula is C11H9F3N2O. The van der Waals surface area contributed by atoms with Gasteiger partial charge < -0.3 is 0 Å². The number of hydrogen-bond acceptors (Lipinski definition) is 2. The van der Waals surface area contributed by atoms with Crippen molar-refractivity contribution in [2.45, 2.75) is 19.5 Å². The monoisotopic (exact) mass is 242 g/mol. The summed E-state index contributed by atoms with van der Waals surface area (Å²) >= 11 is 0. The summed E-state index contributed by atoms with van der Waals surface area (Å²) in [7, 11) is 0. The lowest BCUT2D eigenvalue weighted by atomic mass is 10.2. The van der Waals surface area contributed by atoms with Gasteiger partial charge in [0, 0.05) is 0 Å². The minimum Gasteiger partial charge on any atom is -0.272 e. The molecule has 1 aromatic rings. The molecule has 0 spiro atoms. The number of nitrogens with zero attached hydrogens (tertiary/aromatic N) is 2. The molecule has 0 N–H and O–H groups in total. The number of hydrogen-bond donors (Lipinski definition) is 0. The smallest absolute Gasteiger partial charge is 0.272 e. The number of alkyl halides is 3. The van der Waals surface area contributed by atoms with E-state index >= 15 is 0 Å². The molecule has 1 aliphatic heterocycles. The second kappa shape index (κ2) is 3.87. The minimum atomic E-state index is -4.55. The molecule has 1 heterocycles. The molecule has 0 aliphatic carbocycles. The van der Waals surface area contributed by atoms with Crippen molar-refractivity contribution in [1.29, 1.82) is 0 Å². The zero-order chi connectivity index (χ0) is 12.6. The molecule has 0 bridgehead atoms. The molecule has 0 unspecified atom stereocenters. The van der Waals surface area contributed by atoms with Crippen LogP contribution in [0.4, 0.5) is 18.9 Å². The first-order valence-corrected chi connectivity index (χ1v) is 4.92. The Morgan fingerprint density at radius 1 is 1.24 bits per heavy atom. The molecule has 0 radical (unpaired) electrons. The molecular weight excluding hydrogens is 233 g/mol.